The molecule has 2 nitrogen and oxygen atoms in total. The van der Waals surface area contributed by atoms with Gasteiger partial charge in [0.15, 0.2) is 0 Å². The van der Waals surface area contributed by atoms with Crippen LogP contribution in [0.4, 0.5) is 5.69 Å². The highest BCUT2D eigenvalue weighted by Crippen LogP contribution is 2.30. The lowest BCUT2D eigenvalue weighted by Crippen LogP contribution is -2.26. The standard InChI is InChI=1S/C16H19NO/c1-16(2,3)17-15-7-5-4-6-14(15)12-8-10-13(18)11-9-12/h4-11,17-18H,1-3H3. The van der Waals surface area contributed by atoms with Crippen LogP contribution in [0.25, 0.3) is 11.1 Å². The molecule has 2 rings (SSSR count). The summed E-state index contributed by atoms with van der Waals surface area (Å²) in [7, 11) is 0. The summed E-state index contributed by atoms with van der Waals surface area (Å²) < 4.78 is 0. The highest BCUT2D eigenvalue weighted by molar-refractivity contribution is 5.78. The quantitative estimate of drug-likeness (QED) is 0.823. The summed E-state index contributed by atoms with van der Waals surface area (Å²) in [4.78, 5) is 0. The zero-order chi connectivity index (χ0) is 13.2. The zero-order valence-electron chi connectivity index (χ0n) is 11.1. The van der Waals surface area contributed by atoms with Crippen LogP contribution in [0.15, 0.2) is 48.5 Å². The van der Waals surface area contributed by atoms with E-state index in [2.05, 4.69) is 38.2 Å². The Morgan fingerprint density at radius 3 is 2.11 bits per heavy atom. The maximum absolute atomic E-state index is 9.34. The van der Waals surface area contributed by atoms with Crippen molar-refractivity contribution >= 4 is 5.69 Å². The van der Waals surface area contributed by atoms with Gasteiger partial charge in [-0.3, -0.25) is 0 Å². The number of rotatable bonds is 2. The number of nitrogens with one attached hydrogen (secondary N) is 1. The Bertz CT molecular complexity index is 524. The Morgan fingerprint density at radius 2 is 1.50 bits per heavy atom. The summed E-state index contributed by atoms with van der Waals surface area (Å²) in [6, 6.07) is 15.5. The summed E-state index contributed by atoms with van der Waals surface area (Å²) in [5.74, 6) is 0.292. The predicted octanol–water partition coefficient (Wildman–Crippen LogP) is 4.27. The second-order valence-corrected chi connectivity index (χ2v) is 5.47. The van der Waals surface area contributed by atoms with Gasteiger partial charge in [0.2, 0.25) is 0 Å². The Balaban J connectivity index is 2.41. The minimum atomic E-state index is 0.0209. The maximum Gasteiger partial charge on any atom is 0.115 e. The molecule has 0 saturated heterocycles. The van der Waals surface area contributed by atoms with Crippen LogP contribution in [0.3, 0.4) is 0 Å². The van der Waals surface area contributed by atoms with Crippen LogP contribution in [0.1, 0.15) is 20.8 Å². The van der Waals surface area contributed by atoms with Gasteiger partial charge in [-0.25, -0.2) is 0 Å². The molecule has 0 aliphatic carbocycles. The smallest absolute Gasteiger partial charge is 0.115 e. The monoisotopic (exact) mass is 241 g/mol. The van der Waals surface area contributed by atoms with Gasteiger partial charge in [0.1, 0.15) is 5.75 Å². The summed E-state index contributed by atoms with van der Waals surface area (Å²) >= 11 is 0. The molecule has 0 heterocycles. The van der Waals surface area contributed by atoms with E-state index >= 15 is 0 Å². The largest absolute Gasteiger partial charge is 0.508 e. The topological polar surface area (TPSA) is 32.3 Å². The fourth-order valence-electron chi connectivity index (χ4n) is 1.89. The maximum atomic E-state index is 9.34. The van der Waals surface area contributed by atoms with E-state index in [1.54, 1.807) is 12.1 Å². The number of phenolic OH excluding ortho intramolecular Hbond substituents is 1. The molecule has 2 N–H and O–H groups in total. The molecule has 0 amide bonds. The van der Waals surface area contributed by atoms with Crippen molar-refractivity contribution in [1.29, 1.82) is 0 Å². The van der Waals surface area contributed by atoms with Gasteiger partial charge in [-0.15, -0.1) is 0 Å². The average molecular weight is 241 g/mol. The molecule has 0 fully saturated rings. The number of benzene rings is 2. The number of para-hydroxylation sites is 1. The lowest BCUT2D eigenvalue weighted by molar-refractivity contribution is 0.475. The van der Waals surface area contributed by atoms with Crippen molar-refractivity contribution in [3.8, 4) is 16.9 Å². The Kier molecular flexibility index (Phi) is 3.28. The molecular weight excluding hydrogens is 222 g/mol. The summed E-state index contributed by atoms with van der Waals surface area (Å²) in [5.41, 5.74) is 3.37. The van der Waals surface area contributed by atoms with Gasteiger partial charge in [0, 0.05) is 16.8 Å². The van der Waals surface area contributed by atoms with Crippen LogP contribution in [-0.4, -0.2) is 10.6 Å². The Labute approximate surface area is 108 Å². The van der Waals surface area contributed by atoms with Crippen LogP contribution in [-0.2, 0) is 0 Å². The van der Waals surface area contributed by atoms with Crippen molar-refractivity contribution in [3.05, 3.63) is 48.5 Å². The summed E-state index contributed by atoms with van der Waals surface area (Å²) in [6.07, 6.45) is 0. The first-order chi connectivity index (χ1) is 8.46. The first kappa shape index (κ1) is 12.5. The molecule has 0 unspecified atom stereocenters. The number of phenols is 1. The molecule has 0 bridgehead atoms. The molecule has 0 atom stereocenters. The molecule has 94 valence electrons. The molecule has 0 spiro atoms. The van der Waals surface area contributed by atoms with Crippen molar-refractivity contribution in [2.45, 2.75) is 26.3 Å². The fourth-order valence-corrected chi connectivity index (χ4v) is 1.89. The van der Waals surface area contributed by atoms with E-state index in [0.717, 1.165) is 16.8 Å². The van der Waals surface area contributed by atoms with E-state index < -0.39 is 0 Å². The van der Waals surface area contributed by atoms with Gasteiger partial charge in [0.05, 0.1) is 0 Å². The van der Waals surface area contributed by atoms with E-state index in [4.69, 9.17) is 0 Å². The minimum absolute atomic E-state index is 0.0209. The summed E-state index contributed by atoms with van der Waals surface area (Å²) in [5, 5.41) is 12.8. The predicted molar refractivity (Wildman–Crippen MR) is 76.9 cm³/mol. The molecule has 0 aromatic heterocycles. The van der Waals surface area contributed by atoms with E-state index in [-0.39, 0.29) is 5.54 Å². The number of hydrogen-bond acceptors (Lipinski definition) is 2. The molecule has 2 heteroatoms. The SMILES string of the molecule is CC(C)(C)Nc1ccccc1-c1ccc(O)cc1. The van der Waals surface area contributed by atoms with Crippen LogP contribution < -0.4 is 5.32 Å². The van der Waals surface area contributed by atoms with Crippen molar-refractivity contribution in [1.82, 2.24) is 0 Å². The van der Waals surface area contributed by atoms with Crippen molar-refractivity contribution in [2.24, 2.45) is 0 Å². The van der Waals surface area contributed by atoms with Gasteiger partial charge >= 0.3 is 0 Å². The van der Waals surface area contributed by atoms with Gasteiger partial charge in [-0.1, -0.05) is 30.3 Å². The Morgan fingerprint density at radius 1 is 0.889 bits per heavy atom. The van der Waals surface area contributed by atoms with Gasteiger partial charge in [-0.2, -0.15) is 0 Å². The van der Waals surface area contributed by atoms with Crippen LogP contribution in [0, 0.1) is 0 Å². The van der Waals surface area contributed by atoms with Crippen molar-refractivity contribution in [3.63, 3.8) is 0 Å². The third-order valence-electron chi connectivity index (χ3n) is 2.62. The Hall–Kier alpha value is -1.96. The number of aromatic hydroxyl groups is 1. The van der Waals surface area contributed by atoms with Gasteiger partial charge < -0.3 is 10.4 Å². The van der Waals surface area contributed by atoms with Crippen molar-refractivity contribution < 1.29 is 5.11 Å². The first-order valence-electron chi connectivity index (χ1n) is 6.12. The lowest BCUT2D eigenvalue weighted by atomic mass is 10.0. The summed E-state index contributed by atoms with van der Waals surface area (Å²) in [6.45, 7) is 6.42. The minimum Gasteiger partial charge on any atom is -0.508 e. The van der Waals surface area contributed by atoms with E-state index in [1.807, 2.05) is 24.3 Å². The molecule has 2 aromatic rings. The average Bonchev–Trinajstić information content (AvgIpc) is 2.29. The fraction of sp³-hybridized carbons (Fsp3) is 0.250. The molecule has 0 aliphatic heterocycles. The molecule has 0 radical (unpaired) electrons. The molecule has 2 aromatic carbocycles. The van der Waals surface area contributed by atoms with E-state index in [0.29, 0.717) is 5.75 Å². The van der Waals surface area contributed by atoms with E-state index in [9.17, 15) is 5.11 Å². The molecule has 0 saturated carbocycles. The third-order valence-corrected chi connectivity index (χ3v) is 2.62. The highest BCUT2D eigenvalue weighted by atomic mass is 16.3. The van der Waals surface area contributed by atoms with Crippen LogP contribution in [0.2, 0.25) is 0 Å². The normalized spacial score (nSPS) is 11.3. The highest BCUT2D eigenvalue weighted by Gasteiger charge is 2.12. The second-order valence-electron chi connectivity index (χ2n) is 5.47. The third kappa shape index (κ3) is 3.04. The number of hydrogen-bond donors (Lipinski definition) is 2. The molecule has 0 aliphatic rings. The second kappa shape index (κ2) is 4.73. The van der Waals surface area contributed by atoms with Crippen LogP contribution >= 0.6 is 0 Å². The van der Waals surface area contributed by atoms with Gasteiger partial charge in [0.25, 0.3) is 0 Å². The molecule has 18 heavy (non-hydrogen) atoms. The van der Waals surface area contributed by atoms with E-state index in [1.165, 1.54) is 0 Å². The van der Waals surface area contributed by atoms with Crippen molar-refractivity contribution in [2.75, 3.05) is 5.32 Å². The lowest BCUT2D eigenvalue weighted by Gasteiger charge is -2.24. The zero-order valence-corrected chi connectivity index (χ0v) is 11.1. The molecular formula is C16H19NO. The van der Waals surface area contributed by atoms with Gasteiger partial charge in [-0.05, 0) is 44.5 Å². The first-order valence-corrected chi connectivity index (χ1v) is 6.12. The van der Waals surface area contributed by atoms with Crippen LogP contribution in [0.5, 0.6) is 5.75 Å². The number of anilines is 1.